The highest BCUT2D eigenvalue weighted by Gasteiger charge is 2.20. The van der Waals surface area contributed by atoms with Gasteiger partial charge in [0.2, 0.25) is 5.82 Å². The molecule has 0 amide bonds. The van der Waals surface area contributed by atoms with Gasteiger partial charge in [-0.2, -0.15) is 0 Å². The third-order valence-electron chi connectivity index (χ3n) is 3.41. The second-order valence-corrected chi connectivity index (χ2v) is 4.87. The van der Waals surface area contributed by atoms with Crippen LogP contribution in [-0.2, 0) is 4.74 Å². The van der Waals surface area contributed by atoms with E-state index in [0.717, 1.165) is 18.8 Å². The summed E-state index contributed by atoms with van der Waals surface area (Å²) in [6, 6.07) is 2.36. The Hall–Kier alpha value is -1.69. The first-order valence-electron chi connectivity index (χ1n) is 6.48. The molecule has 19 heavy (non-hydrogen) atoms. The number of hydrogen-bond donors (Lipinski definition) is 1. The average molecular weight is 264 g/mol. The monoisotopic (exact) mass is 264 g/mol. The van der Waals surface area contributed by atoms with E-state index in [9.17, 15) is 4.79 Å². The zero-order valence-corrected chi connectivity index (χ0v) is 11.6. The number of aryl methyl sites for hydroxylation is 1. The van der Waals surface area contributed by atoms with Gasteiger partial charge in [0.15, 0.2) is 0 Å². The van der Waals surface area contributed by atoms with E-state index in [4.69, 9.17) is 0 Å². The Balaban J connectivity index is 2.03. The summed E-state index contributed by atoms with van der Waals surface area (Å²) in [5, 5.41) is 3.28. The summed E-state index contributed by atoms with van der Waals surface area (Å²) in [5.74, 6) is 0.266. The second kappa shape index (κ2) is 5.97. The summed E-state index contributed by atoms with van der Waals surface area (Å²) in [6.07, 6.45) is 2.43. The van der Waals surface area contributed by atoms with Crippen molar-refractivity contribution in [2.45, 2.75) is 25.8 Å². The molecule has 1 saturated heterocycles. The van der Waals surface area contributed by atoms with E-state index in [2.05, 4.69) is 32.0 Å². The van der Waals surface area contributed by atoms with Gasteiger partial charge in [-0.1, -0.05) is 0 Å². The summed E-state index contributed by atoms with van der Waals surface area (Å²) in [7, 11) is 3.46. The van der Waals surface area contributed by atoms with Crippen LogP contribution >= 0.6 is 0 Å². The van der Waals surface area contributed by atoms with E-state index < -0.39 is 5.97 Å². The zero-order chi connectivity index (χ0) is 13.8. The van der Waals surface area contributed by atoms with Crippen LogP contribution in [-0.4, -0.2) is 54.1 Å². The number of ether oxygens (including phenoxy) is 1. The fraction of sp³-hybridized carbons (Fsp3) is 0.615. The molecule has 1 aliphatic heterocycles. The predicted molar refractivity (Wildman–Crippen MR) is 72.3 cm³/mol. The molecule has 1 aromatic heterocycles. The minimum atomic E-state index is -0.510. The number of rotatable bonds is 4. The normalized spacial score (nSPS) is 19.4. The van der Waals surface area contributed by atoms with Crippen LogP contribution in [0.3, 0.4) is 0 Å². The maximum atomic E-state index is 11.4. The molecule has 2 rings (SSSR count). The lowest BCUT2D eigenvalue weighted by Crippen LogP contribution is -2.31. The van der Waals surface area contributed by atoms with Crippen LogP contribution < -0.4 is 5.32 Å². The number of nitrogens with one attached hydrogen (secondary N) is 1. The van der Waals surface area contributed by atoms with Crippen molar-refractivity contribution in [1.82, 2.24) is 14.9 Å². The number of likely N-dealkylation sites (tertiary alicyclic amines) is 1. The first-order valence-corrected chi connectivity index (χ1v) is 6.48. The van der Waals surface area contributed by atoms with Crippen LogP contribution in [0.2, 0.25) is 0 Å². The highest BCUT2D eigenvalue weighted by molar-refractivity contribution is 5.85. The van der Waals surface area contributed by atoms with Gasteiger partial charge in [-0.05, 0) is 33.4 Å². The molecular formula is C13H20N4O2. The highest BCUT2D eigenvalue weighted by Crippen LogP contribution is 2.15. The van der Waals surface area contributed by atoms with Crippen LogP contribution in [0.1, 0.15) is 29.2 Å². The number of esters is 1. The molecule has 0 spiro atoms. The van der Waals surface area contributed by atoms with Crippen LogP contribution in [0.25, 0.3) is 0 Å². The van der Waals surface area contributed by atoms with E-state index in [1.807, 2.05) is 13.0 Å². The number of anilines is 1. The number of carbonyl (C=O) groups excluding carboxylic acids is 1. The maximum Gasteiger partial charge on any atom is 0.376 e. The van der Waals surface area contributed by atoms with Crippen molar-refractivity contribution < 1.29 is 9.53 Å². The molecule has 1 unspecified atom stereocenters. The molecule has 104 valence electrons. The van der Waals surface area contributed by atoms with Gasteiger partial charge in [0, 0.05) is 24.3 Å². The maximum absolute atomic E-state index is 11.4. The Morgan fingerprint density at radius 3 is 3.00 bits per heavy atom. The Labute approximate surface area is 113 Å². The predicted octanol–water partition coefficient (Wildman–Crippen LogP) is 1.08. The second-order valence-electron chi connectivity index (χ2n) is 4.87. The molecular weight excluding hydrogens is 244 g/mol. The smallest absolute Gasteiger partial charge is 0.376 e. The lowest BCUT2D eigenvalue weighted by Gasteiger charge is -2.20. The van der Waals surface area contributed by atoms with Crippen molar-refractivity contribution in [3.8, 4) is 0 Å². The molecule has 0 aliphatic carbocycles. The molecule has 0 bridgehead atoms. The number of nitrogens with zero attached hydrogens (tertiary/aromatic N) is 3. The molecule has 0 aromatic carbocycles. The molecule has 1 fully saturated rings. The van der Waals surface area contributed by atoms with Gasteiger partial charge in [-0.25, -0.2) is 14.8 Å². The molecule has 0 saturated carbocycles. The average Bonchev–Trinajstić information content (AvgIpc) is 2.80. The topological polar surface area (TPSA) is 67.3 Å². The van der Waals surface area contributed by atoms with Crippen molar-refractivity contribution >= 4 is 11.8 Å². The van der Waals surface area contributed by atoms with Crippen LogP contribution in [0.15, 0.2) is 6.07 Å². The molecule has 1 atom stereocenters. The number of likely N-dealkylation sites (N-methyl/N-ethyl adjacent to an activating group) is 1. The zero-order valence-electron chi connectivity index (χ0n) is 11.6. The van der Waals surface area contributed by atoms with Gasteiger partial charge in [-0.15, -0.1) is 0 Å². The SMILES string of the molecule is COC(=O)c1nc(C)cc(NCC2CCCN2C)n1. The summed E-state index contributed by atoms with van der Waals surface area (Å²) in [6.45, 7) is 3.80. The number of aromatic nitrogens is 2. The Kier molecular flexibility index (Phi) is 4.31. The Bertz CT molecular complexity index is 464. The first-order chi connectivity index (χ1) is 9.10. The first kappa shape index (κ1) is 13.7. The third kappa shape index (κ3) is 3.41. The third-order valence-corrected chi connectivity index (χ3v) is 3.41. The molecule has 1 N–H and O–H groups in total. The van der Waals surface area contributed by atoms with Crippen molar-refractivity contribution in [2.24, 2.45) is 0 Å². The van der Waals surface area contributed by atoms with E-state index >= 15 is 0 Å². The number of carbonyl (C=O) groups is 1. The van der Waals surface area contributed by atoms with Gasteiger partial charge in [0.1, 0.15) is 5.82 Å². The number of hydrogen-bond acceptors (Lipinski definition) is 6. The molecule has 6 heteroatoms. The molecule has 2 heterocycles. The Morgan fingerprint density at radius 1 is 1.58 bits per heavy atom. The van der Waals surface area contributed by atoms with Gasteiger partial charge in [-0.3, -0.25) is 0 Å². The van der Waals surface area contributed by atoms with Crippen molar-refractivity contribution in [1.29, 1.82) is 0 Å². The summed E-state index contributed by atoms with van der Waals surface area (Å²) in [4.78, 5) is 22.0. The van der Waals surface area contributed by atoms with Gasteiger partial charge < -0.3 is 15.0 Å². The van der Waals surface area contributed by atoms with Crippen molar-refractivity contribution in [3.63, 3.8) is 0 Å². The largest absolute Gasteiger partial charge is 0.463 e. The fourth-order valence-electron chi connectivity index (χ4n) is 2.30. The van der Waals surface area contributed by atoms with Crippen molar-refractivity contribution in [2.75, 3.05) is 32.6 Å². The molecule has 1 aromatic rings. The molecule has 6 nitrogen and oxygen atoms in total. The van der Waals surface area contributed by atoms with Crippen molar-refractivity contribution in [3.05, 3.63) is 17.6 Å². The van der Waals surface area contributed by atoms with Crippen LogP contribution in [0.4, 0.5) is 5.82 Å². The summed E-state index contributed by atoms with van der Waals surface area (Å²) < 4.78 is 4.64. The molecule has 1 aliphatic rings. The van der Waals surface area contributed by atoms with E-state index in [1.165, 1.54) is 20.0 Å². The van der Waals surface area contributed by atoms with Gasteiger partial charge in [0.25, 0.3) is 0 Å². The van der Waals surface area contributed by atoms with Crippen LogP contribution in [0, 0.1) is 6.92 Å². The van der Waals surface area contributed by atoms with E-state index in [1.54, 1.807) is 0 Å². The lowest BCUT2D eigenvalue weighted by molar-refractivity contribution is 0.0586. The van der Waals surface area contributed by atoms with E-state index in [0.29, 0.717) is 11.9 Å². The van der Waals surface area contributed by atoms with Crippen LogP contribution in [0.5, 0.6) is 0 Å². The quantitative estimate of drug-likeness (QED) is 0.821. The van der Waals surface area contributed by atoms with Gasteiger partial charge in [0.05, 0.1) is 7.11 Å². The summed E-state index contributed by atoms with van der Waals surface area (Å²) in [5.41, 5.74) is 0.748. The molecule has 0 radical (unpaired) electrons. The number of methoxy groups -OCH3 is 1. The fourth-order valence-corrected chi connectivity index (χ4v) is 2.30. The minimum absolute atomic E-state index is 0.102. The highest BCUT2D eigenvalue weighted by atomic mass is 16.5. The van der Waals surface area contributed by atoms with Gasteiger partial charge >= 0.3 is 5.97 Å². The van der Waals surface area contributed by atoms with E-state index in [-0.39, 0.29) is 5.82 Å². The standard InChI is InChI=1S/C13H20N4O2/c1-9-7-11(16-12(15-9)13(18)19-3)14-8-10-5-4-6-17(10)2/h7,10H,4-6,8H2,1-3H3,(H,14,15,16). The summed E-state index contributed by atoms with van der Waals surface area (Å²) >= 11 is 0. The minimum Gasteiger partial charge on any atom is -0.463 e. The lowest BCUT2D eigenvalue weighted by atomic mass is 10.2. The Morgan fingerprint density at radius 2 is 2.37 bits per heavy atom.